The largest absolute Gasteiger partial charge is 0.497 e. The number of aromatic nitrogens is 3. The van der Waals surface area contributed by atoms with E-state index in [-0.39, 0.29) is 0 Å². The first-order valence-electron chi connectivity index (χ1n) is 6.90. The number of nitrogens with zero attached hydrogens (tertiary/aromatic N) is 4. The molecule has 1 aromatic carbocycles. The van der Waals surface area contributed by atoms with Crippen LogP contribution in [-0.2, 0) is 13.2 Å². The Kier molecular flexibility index (Phi) is 5.16. The van der Waals surface area contributed by atoms with Gasteiger partial charge in [0.15, 0.2) is 0 Å². The number of ether oxygens (including phenoxy) is 2. The van der Waals surface area contributed by atoms with Gasteiger partial charge in [0.05, 0.1) is 19.3 Å². The molecule has 0 saturated heterocycles. The van der Waals surface area contributed by atoms with Crippen molar-refractivity contribution in [2.75, 3.05) is 27.7 Å². The molecule has 2 rings (SSSR count). The second kappa shape index (κ2) is 7.08. The van der Waals surface area contributed by atoms with Crippen LogP contribution in [0.2, 0.25) is 0 Å². The van der Waals surface area contributed by atoms with Crippen LogP contribution in [0.3, 0.4) is 0 Å². The molecule has 0 aliphatic rings. The van der Waals surface area contributed by atoms with Gasteiger partial charge in [-0.15, -0.1) is 5.10 Å². The smallest absolute Gasteiger partial charge is 0.134 e. The zero-order chi connectivity index (χ0) is 15.2. The van der Waals surface area contributed by atoms with Gasteiger partial charge in [-0.1, -0.05) is 5.21 Å². The zero-order valence-electron chi connectivity index (χ0n) is 13.0. The summed E-state index contributed by atoms with van der Waals surface area (Å²) < 4.78 is 12.8. The molecular weight excluding hydrogens is 268 g/mol. The minimum Gasteiger partial charge on any atom is -0.497 e. The molecule has 0 fully saturated rings. The summed E-state index contributed by atoms with van der Waals surface area (Å²) in [5.41, 5.74) is 1.91. The Hall–Kier alpha value is -2.08. The summed E-state index contributed by atoms with van der Waals surface area (Å²) in [4.78, 5) is 2.12. The highest BCUT2D eigenvalue weighted by molar-refractivity contribution is 5.31. The lowest BCUT2D eigenvalue weighted by Crippen LogP contribution is -2.19. The molecule has 21 heavy (non-hydrogen) atoms. The van der Waals surface area contributed by atoms with E-state index in [1.165, 1.54) is 0 Å². The van der Waals surface area contributed by atoms with Crippen molar-refractivity contribution in [3.05, 3.63) is 35.7 Å². The highest BCUT2D eigenvalue weighted by Gasteiger charge is 2.09. The average Bonchev–Trinajstić information content (AvgIpc) is 2.84. The van der Waals surface area contributed by atoms with Gasteiger partial charge in [0.2, 0.25) is 0 Å². The van der Waals surface area contributed by atoms with Crippen molar-refractivity contribution >= 4 is 0 Å². The molecule has 0 aliphatic carbocycles. The van der Waals surface area contributed by atoms with E-state index < -0.39 is 0 Å². The fourth-order valence-corrected chi connectivity index (χ4v) is 1.86. The molecule has 0 unspecified atom stereocenters. The Morgan fingerprint density at radius 3 is 2.43 bits per heavy atom. The molecule has 0 bridgehead atoms. The van der Waals surface area contributed by atoms with E-state index in [1.807, 2.05) is 50.0 Å². The van der Waals surface area contributed by atoms with Crippen LogP contribution < -0.4 is 9.47 Å². The second-order valence-electron chi connectivity index (χ2n) is 5.11. The van der Waals surface area contributed by atoms with Crippen LogP contribution in [0.25, 0.3) is 0 Å². The third kappa shape index (κ3) is 4.19. The molecule has 0 atom stereocenters. The van der Waals surface area contributed by atoms with E-state index in [2.05, 4.69) is 15.2 Å². The molecule has 0 radical (unpaired) electrons. The van der Waals surface area contributed by atoms with Crippen LogP contribution in [0.15, 0.2) is 24.3 Å². The number of rotatable bonds is 7. The van der Waals surface area contributed by atoms with E-state index >= 15 is 0 Å². The second-order valence-corrected chi connectivity index (χ2v) is 5.11. The lowest BCUT2D eigenvalue weighted by molar-refractivity contribution is 0.299. The summed E-state index contributed by atoms with van der Waals surface area (Å²) in [6, 6.07) is 7.50. The summed E-state index contributed by atoms with van der Waals surface area (Å²) in [6.45, 7) is 4.19. The third-order valence-electron chi connectivity index (χ3n) is 3.27. The number of hydrogen-bond donors (Lipinski definition) is 0. The summed E-state index contributed by atoms with van der Waals surface area (Å²) in [6.07, 6.45) is 0. The van der Waals surface area contributed by atoms with Crippen molar-refractivity contribution in [3.8, 4) is 11.5 Å². The maximum absolute atomic E-state index is 5.73. The van der Waals surface area contributed by atoms with Crippen molar-refractivity contribution in [3.63, 3.8) is 0 Å². The third-order valence-corrected chi connectivity index (χ3v) is 3.27. The Balaban J connectivity index is 1.93. The molecule has 6 heteroatoms. The van der Waals surface area contributed by atoms with Gasteiger partial charge in [-0.2, -0.15) is 0 Å². The predicted molar refractivity (Wildman–Crippen MR) is 80.6 cm³/mol. The number of hydrogen-bond acceptors (Lipinski definition) is 5. The highest BCUT2D eigenvalue weighted by atomic mass is 16.5. The van der Waals surface area contributed by atoms with Crippen LogP contribution in [-0.4, -0.2) is 47.6 Å². The fraction of sp³-hybridized carbons (Fsp3) is 0.467. The lowest BCUT2D eigenvalue weighted by Gasteiger charge is -2.10. The van der Waals surface area contributed by atoms with Gasteiger partial charge in [-0.3, -0.25) is 0 Å². The Morgan fingerprint density at radius 2 is 1.81 bits per heavy atom. The minimum absolute atomic E-state index is 0.417. The minimum atomic E-state index is 0.417. The van der Waals surface area contributed by atoms with Gasteiger partial charge < -0.3 is 14.4 Å². The number of benzene rings is 1. The van der Waals surface area contributed by atoms with Gasteiger partial charge in [0, 0.05) is 6.54 Å². The molecular formula is C15H22N4O2. The van der Waals surface area contributed by atoms with E-state index in [9.17, 15) is 0 Å². The van der Waals surface area contributed by atoms with Gasteiger partial charge in [0.1, 0.15) is 23.8 Å². The lowest BCUT2D eigenvalue weighted by atomic mass is 10.3. The van der Waals surface area contributed by atoms with Crippen molar-refractivity contribution < 1.29 is 9.47 Å². The van der Waals surface area contributed by atoms with Crippen LogP contribution >= 0.6 is 0 Å². The van der Waals surface area contributed by atoms with Gasteiger partial charge in [0.25, 0.3) is 0 Å². The molecule has 0 amide bonds. The van der Waals surface area contributed by atoms with Crippen molar-refractivity contribution in [1.82, 2.24) is 19.9 Å². The Morgan fingerprint density at radius 1 is 1.14 bits per heavy atom. The molecule has 0 saturated carbocycles. The quantitative estimate of drug-likeness (QED) is 0.777. The predicted octanol–water partition coefficient (Wildman–Crippen LogP) is 1.74. The highest BCUT2D eigenvalue weighted by Crippen LogP contribution is 2.18. The molecule has 114 valence electrons. The zero-order valence-corrected chi connectivity index (χ0v) is 13.0. The monoisotopic (exact) mass is 290 g/mol. The van der Waals surface area contributed by atoms with Gasteiger partial charge in [-0.25, -0.2) is 4.68 Å². The van der Waals surface area contributed by atoms with E-state index in [4.69, 9.17) is 9.47 Å². The van der Waals surface area contributed by atoms with Gasteiger partial charge >= 0.3 is 0 Å². The maximum atomic E-state index is 5.73. The first-order valence-corrected chi connectivity index (χ1v) is 6.90. The van der Waals surface area contributed by atoms with Crippen LogP contribution in [0, 0.1) is 6.92 Å². The van der Waals surface area contributed by atoms with Crippen LogP contribution in [0.1, 0.15) is 11.4 Å². The number of methoxy groups -OCH3 is 1. The van der Waals surface area contributed by atoms with Crippen molar-refractivity contribution in [2.45, 2.75) is 20.1 Å². The average molecular weight is 290 g/mol. The first kappa shape index (κ1) is 15.3. The van der Waals surface area contributed by atoms with Crippen molar-refractivity contribution in [2.24, 2.45) is 0 Å². The first-order chi connectivity index (χ1) is 10.1. The van der Waals surface area contributed by atoms with Crippen LogP contribution in [0.5, 0.6) is 11.5 Å². The standard InChI is InChI=1S/C15H22N4O2/c1-12-15(16-17-19(12)10-9-18(2)3)11-21-14-7-5-13(20-4)6-8-14/h5-8H,9-11H2,1-4H3. The summed E-state index contributed by atoms with van der Waals surface area (Å²) in [7, 11) is 5.73. The molecule has 1 heterocycles. The molecule has 0 aliphatic heterocycles. The van der Waals surface area contributed by atoms with E-state index in [0.717, 1.165) is 36.0 Å². The molecule has 0 N–H and O–H groups in total. The Labute approximate surface area is 125 Å². The normalized spacial score (nSPS) is 10.9. The summed E-state index contributed by atoms with van der Waals surface area (Å²) >= 11 is 0. The van der Waals surface area contributed by atoms with Gasteiger partial charge in [-0.05, 0) is 45.3 Å². The summed E-state index contributed by atoms with van der Waals surface area (Å²) in [5.74, 6) is 1.60. The molecule has 6 nitrogen and oxygen atoms in total. The SMILES string of the molecule is COc1ccc(OCc2nnn(CCN(C)C)c2C)cc1. The molecule has 0 spiro atoms. The number of likely N-dealkylation sites (N-methyl/N-ethyl adjacent to an activating group) is 1. The fourth-order valence-electron chi connectivity index (χ4n) is 1.86. The molecule has 2 aromatic rings. The van der Waals surface area contributed by atoms with Crippen LogP contribution in [0.4, 0.5) is 0 Å². The maximum Gasteiger partial charge on any atom is 0.134 e. The van der Waals surface area contributed by atoms with E-state index in [1.54, 1.807) is 7.11 Å². The topological polar surface area (TPSA) is 52.4 Å². The summed E-state index contributed by atoms with van der Waals surface area (Å²) in [5, 5.41) is 8.35. The van der Waals surface area contributed by atoms with E-state index in [0.29, 0.717) is 6.61 Å². The molecule has 1 aromatic heterocycles. The van der Waals surface area contributed by atoms with Crippen molar-refractivity contribution in [1.29, 1.82) is 0 Å². The Bertz CT molecular complexity index is 564.